The van der Waals surface area contributed by atoms with Crippen molar-refractivity contribution in [1.82, 2.24) is 16.0 Å². The SMILES string of the molecule is CC[C@H](C)[C@H](NC(=O)[C@H](COC(C)(C)C)NC(=O)[C@@H](NC(=O)OCc1ccccc1)[C@@H](C)CC)C(=O)O. The number of carboxylic acid groups (broad SMARTS) is 1. The van der Waals surface area contributed by atoms with E-state index in [-0.39, 0.29) is 25.0 Å². The molecular weight excluding hydrogens is 478 g/mol. The first kappa shape index (κ1) is 31.9. The van der Waals surface area contributed by atoms with E-state index in [1.165, 1.54) is 0 Å². The Morgan fingerprint density at radius 1 is 0.865 bits per heavy atom. The quantitative estimate of drug-likeness (QED) is 0.294. The molecule has 4 N–H and O–H groups in total. The minimum atomic E-state index is -1.17. The van der Waals surface area contributed by atoms with Crippen molar-refractivity contribution >= 4 is 23.9 Å². The maximum Gasteiger partial charge on any atom is 0.408 e. The zero-order valence-corrected chi connectivity index (χ0v) is 23.0. The zero-order valence-electron chi connectivity index (χ0n) is 23.0. The van der Waals surface area contributed by atoms with Gasteiger partial charge < -0.3 is 30.5 Å². The Morgan fingerprint density at radius 2 is 1.43 bits per heavy atom. The summed E-state index contributed by atoms with van der Waals surface area (Å²) in [7, 11) is 0. The van der Waals surface area contributed by atoms with Gasteiger partial charge in [-0.05, 0) is 38.2 Å². The van der Waals surface area contributed by atoms with E-state index in [0.29, 0.717) is 12.8 Å². The number of carbonyl (C=O) groups excluding carboxylic acids is 3. The Hall–Kier alpha value is -3.14. The predicted octanol–water partition coefficient (Wildman–Crippen LogP) is 3.24. The fourth-order valence-electron chi connectivity index (χ4n) is 3.31. The molecule has 1 aromatic rings. The summed E-state index contributed by atoms with van der Waals surface area (Å²) in [4.78, 5) is 50.6. The van der Waals surface area contributed by atoms with Gasteiger partial charge in [-0.2, -0.15) is 0 Å². The number of nitrogens with one attached hydrogen (secondary N) is 3. The highest BCUT2D eigenvalue weighted by atomic mass is 16.5. The smallest absolute Gasteiger partial charge is 0.408 e. The average molecular weight is 522 g/mol. The lowest BCUT2D eigenvalue weighted by Gasteiger charge is -2.29. The summed E-state index contributed by atoms with van der Waals surface area (Å²) < 4.78 is 11.0. The number of rotatable bonds is 14. The van der Waals surface area contributed by atoms with Crippen LogP contribution < -0.4 is 16.0 Å². The topological polar surface area (TPSA) is 143 Å². The zero-order chi connectivity index (χ0) is 28.2. The fraction of sp³-hybridized carbons (Fsp3) is 0.630. The number of amides is 3. The summed E-state index contributed by atoms with van der Waals surface area (Å²) in [6.07, 6.45) is 0.346. The number of carboxylic acids is 1. The van der Waals surface area contributed by atoms with Crippen LogP contribution in [0.2, 0.25) is 0 Å². The first-order valence-electron chi connectivity index (χ1n) is 12.7. The van der Waals surface area contributed by atoms with Crippen LogP contribution in [0.4, 0.5) is 4.79 Å². The standard InChI is InChI=1S/C27H43N3O7/c1-8-17(3)21(30-26(35)36-15-19-13-11-10-12-14-19)24(32)28-20(16-37-27(5,6)7)23(31)29-22(25(33)34)18(4)9-2/h10-14,17-18,20-22H,8-9,15-16H2,1-7H3,(H,28,32)(H,29,31)(H,30,35)(H,33,34)/t17-,18-,20-,21-,22-/m0/s1. The Bertz CT molecular complexity index is 886. The summed E-state index contributed by atoms with van der Waals surface area (Å²) >= 11 is 0. The molecule has 0 saturated heterocycles. The van der Waals surface area contributed by atoms with Gasteiger partial charge >= 0.3 is 12.1 Å². The molecule has 3 amide bonds. The van der Waals surface area contributed by atoms with Crippen molar-refractivity contribution in [2.24, 2.45) is 11.8 Å². The molecule has 0 aromatic heterocycles. The van der Waals surface area contributed by atoms with E-state index in [4.69, 9.17) is 9.47 Å². The number of benzene rings is 1. The third-order valence-corrected chi connectivity index (χ3v) is 6.07. The second kappa shape index (κ2) is 15.2. The van der Waals surface area contributed by atoms with Crippen molar-refractivity contribution in [2.75, 3.05) is 6.61 Å². The van der Waals surface area contributed by atoms with Gasteiger partial charge in [0.25, 0.3) is 0 Å². The monoisotopic (exact) mass is 521 g/mol. The lowest BCUT2D eigenvalue weighted by atomic mass is 9.97. The van der Waals surface area contributed by atoms with Gasteiger partial charge in [0.2, 0.25) is 11.8 Å². The van der Waals surface area contributed by atoms with Gasteiger partial charge in [-0.1, -0.05) is 70.9 Å². The van der Waals surface area contributed by atoms with Gasteiger partial charge in [-0.15, -0.1) is 0 Å². The first-order chi connectivity index (χ1) is 17.3. The van der Waals surface area contributed by atoms with Crippen LogP contribution in [0.15, 0.2) is 30.3 Å². The van der Waals surface area contributed by atoms with Crippen molar-refractivity contribution in [3.8, 4) is 0 Å². The maximum atomic E-state index is 13.3. The van der Waals surface area contributed by atoms with E-state index in [1.54, 1.807) is 34.6 Å². The minimum Gasteiger partial charge on any atom is -0.480 e. The second-order valence-corrected chi connectivity index (χ2v) is 10.3. The molecule has 0 aliphatic rings. The molecule has 0 heterocycles. The number of aliphatic carboxylic acids is 1. The summed E-state index contributed by atoms with van der Waals surface area (Å²) in [6, 6.07) is 5.85. The molecule has 37 heavy (non-hydrogen) atoms. The highest BCUT2D eigenvalue weighted by Gasteiger charge is 2.34. The van der Waals surface area contributed by atoms with Crippen molar-refractivity contribution in [3.05, 3.63) is 35.9 Å². The summed E-state index contributed by atoms with van der Waals surface area (Å²) in [5.41, 5.74) is 0.189. The van der Waals surface area contributed by atoms with E-state index in [2.05, 4.69) is 16.0 Å². The second-order valence-electron chi connectivity index (χ2n) is 10.3. The van der Waals surface area contributed by atoms with Crippen LogP contribution in [-0.4, -0.2) is 59.3 Å². The third kappa shape index (κ3) is 11.6. The van der Waals surface area contributed by atoms with Crippen molar-refractivity contribution in [2.45, 2.75) is 91.6 Å². The van der Waals surface area contributed by atoms with Crippen molar-refractivity contribution < 1.29 is 33.8 Å². The van der Waals surface area contributed by atoms with Crippen LogP contribution in [0.5, 0.6) is 0 Å². The molecule has 0 radical (unpaired) electrons. The maximum absolute atomic E-state index is 13.3. The van der Waals surface area contributed by atoms with Gasteiger partial charge in [0.15, 0.2) is 0 Å². The predicted molar refractivity (Wildman–Crippen MR) is 140 cm³/mol. The molecule has 0 saturated carbocycles. The van der Waals surface area contributed by atoms with Crippen molar-refractivity contribution in [3.63, 3.8) is 0 Å². The highest BCUT2D eigenvalue weighted by molar-refractivity contribution is 5.93. The Balaban J connectivity index is 3.01. The number of ether oxygens (including phenoxy) is 2. The van der Waals surface area contributed by atoms with E-state index < -0.39 is 47.6 Å². The molecule has 0 aliphatic heterocycles. The van der Waals surface area contributed by atoms with Crippen LogP contribution in [0.1, 0.15) is 66.9 Å². The lowest BCUT2D eigenvalue weighted by molar-refractivity contribution is -0.144. The number of hydrogen-bond acceptors (Lipinski definition) is 6. The largest absolute Gasteiger partial charge is 0.480 e. The summed E-state index contributed by atoms with van der Waals surface area (Å²) in [6.45, 7) is 12.5. The summed E-state index contributed by atoms with van der Waals surface area (Å²) in [5.74, 6) is -3.04. The van der Waals surface area contributed by atoms with Gasteiger partial charge in [0.05, 0.1) is 12.2 Å². The highest BCUT2D eigenvalue weighted by Crippen LogP contribution is 2.13. The minimum absolute atomic E-state index is 0.0398. The molecule has 0 spiro atoms. The van der Waals surface area contributed by atoms with Crippen LogP contribution in [0.25, 0.3) is 0 Å². The molecular formula is C27H43N3O7. The molecule has 0 unspecified atom stereocenters. The fourth-order valence-corrected chi connectivity index (χ4v) is 3.31. The van der Waals surface area contributed by atoms with E-state index in [9.17, 15) is 24.3 Å². The number of alkyl carbamates (subject to hydrolysis) is 1. The molecule has 5 atom stereocenters. The normalized spacial score (nSPS) is 15.4. The molecule has 0 fully saturated rings. The van der Waals surface area contributed by atoms with Crippen LogP contribution in [0, 0.1) is 11.8 Å². The number of carbonyl (C=O) groups is 4. The number of hydrogen-bond donors (Lipinski definition) is 4. The molecule has 10 nitrogen and oxygen atoms in total. The van der Waals surface area contributed by atoms with Crippen LogP contribution >= 0.6 is 0 Å². The first-order valence-corrected chi connectivity index (χ1v) is 12.7. The average Bonchev–Trinajstić information content (AvgIpc) is 2.85. The van der Waals surface area contributed by atoms with Gasteiger partial charge in [0.1, 0.15) is 24.7 Å². The molecule has 0 bridgehead atoms. The van der Waals surface area contributed by atoms with Gasteiger partial charge in [0, 0.05) is 0 Å². The van der Waals surface area contributed by atoms with E-state index in [0.717, 1.165) is 5.56 Å². The van der Waals surface area contributed by atoms with E-state index in [1.807, 2.05) is 44.2 Å². The molecule has 0 aliphatic carbocycles. The van der Waals surface area contributed by atoms with Gasteiger partial charge in [-0.25, -0.2) is 9.59 Å². The Morgan fingerprint density at radius 3 is 1.95 bits per heavy atom. The third-order valence-electron chi connectivity index (χ3n) is 6.07. The molecule has 10 heteroatoms. The molecule has 1 aromatic carbocycles. The molecule has 1 rings (SSSR count). The molecule has 208 valence electrons. The Kier molecular flexibility index (Phi) is 13.1. The van der Waals surface area contributed by atoms with Gasteiger partial charge in [-0.3, -0.25) is 9.59 Å². The van der Waals surface area contributed by atoms with Crippen LogP contribution in [0.3, 0.4) is 0 Å². The van der Waals surface area contributed by atoms with Crippen LogP contribution in [-0.2, 0) is 30.5 Å². The summed E-state index contributed by atoms with van der Waals surface area (Å²) in [5, 5.41) is 17.3. The lowest BCUT2D eigenvalue weighted by Crippen LogP contribution is -2.59. The van der Waals surface area contributed by atoms with E-state index >= 15 is 0 Å². The Labute approximate surface area is 219 Å². The van der Waals surface area contributed by atoms with Crippen molar-refractivity contribution in [1.29, 1.82) is 0 Å².